The first-order chi connectivity index (χ1) is 8.50. The highest BCUT2D eigenvalue weighted by Gasteiger charge is 2.23. The summed E-state index contributed by atoms with van der Waals surface area (Å²) in [6.45, 7) is 5.89. The predicted molar refractivity (Wildman–Crippen MR) is 65.7 cm³/mol. The van der Waals surface area contributed by atoms with E-state index in [0.29, 0.717) is 26.2 Å². The van der Waals surface area contributed by atoms with E-state index in [9.17, 15) is 14.4 Å². The first-order valence-electron chi connectivity index (χ1n) is 6.08. The van der Waals surface area contributed by atoms with Crippen molar-refractivity contribution in [3.05, 3.63) is 0 Å². The Kier molecular flexibility index (Phi) is 5.57. The fourth-order valence-electron chi connectivity index (χ4n) is 1.62. The molecule has 102 valence electrons. The molecule has 3 amide bonds. The third-order valence-corrected chi connectivity index (χ3v) is 2.46. The maximum atomic E-state index is 11.7. The lowest BCUT2D eigenvalue weighted by Gasteiger charge is -2.26. The number of amides is 3. The Morgan fingerprint density at radius 1 is 1.22 bits per heavy atom. The van der Waals surface area contributed by atoms with Gasteiger partial charge in [0.25, 0.3) is 0 Å². The number of carbonyl (C=O) groups is 3. The first kappa shape index (κ1) is 14.4. The van der Waals surface area contributed by atoms with Crippen LogP contribution in [0.25, 0.3) is 0 Å². The van der Waals surface area contributed by atoms with Crippen molar-refractivity contribution >= 4 is 17.7 Å². The second kappa shape index (κ2) is 6.95. The monoisotopic (exact) mass is 256 g/mol. The fourth-order valence-corrected chi connectivity index (χ4v) is 1.62. The van der Waals surface area contributed by atoms with E-state index in [0.717, 1.165) is 0 Å². The number of nitrogens with one attached hydrogen (secondary N) is 3. The van der Waals surface area contributed by atoms with Crippen molar-refractivity contribution in [3.8, 4) is 0 Å². The zero-order chi connectivity index (χ0) is 13.5. The average Bonchev–Trinajstić information content (AvgIpc) is 2.35. The van der Waals surface area contributed by atoms with Crippen LogP contribution >= 0.6 is 0 Å². The minimum absolute atomic E-state index is 0.0123. The molecule has 0 aromatic carbocycles. The second-order valence-electron chi connectivity index (χ2n) is 4.45. The van der Waals surface area contributed by atoms with Crippen LogP contribution in [0.5, 0.6) is 0 Å². The van der Waals surface area contributed by atoms with Gasteiger partial charge in [-0.15, -0.1) is 0 Å². The summed E-state index contributed by atoms with van der Waals surface area (Å²) in [5, 5.41) is 8.04. The highest BCUT2D eigenvalue weighted by atomic mass is 16.2. The van der Waals surface area contributed by atoms with Gasteiger partial charge in [-0.3, -0.25) is 14.4 Å². The third kappa shape index (κ3) is 4.70. The van der Waals surface area contributed by atoms with Crippen LogP contribution in [0.1, 0.15) is 13.8 Å². The van der Waals surface area contributed by atoms with Crippen molar-refractivity contribution < 1.29 is 14.4 Å². The first-order valence-corrected chi connectivity index (χ1v) is 6.08. The predicted octanol–water partition coefficient (Wildman–Crippen LogP) is -1.94. The van der Waals surface area contributed by atoms with Crippen molar-refractivity contribution in [2.45, 2.75) is 19.9 Å². The largest absolute Gasteiger partial charge is 0.352 e. The van der Waals surface area contributed by atoms with E-state index in [1.54, 1.807) is 0 Å². The highest BCUT2D eigenvalue weighted by molar-refractivity contribution is 6.35. The van der Waals surface area contributed by atoms with Crippen LogP contribution in [0.2, 0.25) is 0 Å². The van der Waals surface area contributed by atoms with Gasteiger partial charge in [0, 0.05) is 32.2 Å². The SMILES string of the molecule is CC(C)NC(=O)CNC(=O)C(=O)N1CCNCC1. The lowest BCUT2D eigenvalue weighted by molar-refractivity contribution is -0.146. The molecule has 0 aliphatic carbocycles. The average molecular weight is 256 g/mol. The van der Waals surface area contributed by atoms with E-state index in [1.165, 1.54) is 4.90 Å². The zero-order valence-corrected chi connectivity index (χ0v) is 10.8. The molecule has 1 heterocycles. The van der Waals surface area contributed by atoms with Crippen LogP contribution in [0, 0.1) is 0 Å². The molecule has 7 nitrogen and oxygen atoms in total. The molecule has 1 fully saturated rings. The molecule has 0 atom stereocenters. The quantitative estimate of drug-likeness (QED) is 0.512. The van der Waals surface area contributed by atoms with E-state index in [2.05, 4.69) is 16.0 Å². The number of piperazine rings is 1. The molecule has 0 saturated carbocycles. The summed E-state index contributed by atoms with van der Waals surface area (Å²) >= 11 is 0. The molecular formula is C11H20N4O3. The number of nitrogens with zero attached hydrogens (tertiary/aromatic N) is 1. The Hall–Kier alpha value is -1.63. The van der Waals surface area contributed by atoms with Crippen LogP contribution in [0.4, 0.5) is 0 Å². The van der Waals surface area contributed by atoms with Crippen molar-refractivity contribution in [3.63, 3.8) is 0 Å². The lowest BCUT2D eigenvalue weighted by atomic mass is 10.3. The van der Waals surface area contributed by atoms with Gasteiger partial charge in [-0.05, 0) is 13.8 Å². The lowest BCUT2D eigenvalue weighted by Crippen LogP contribution is -2.52. The van der Waals surface area contributed by atoms with Gasteiger partial charge in [0.15, 0.2) is 0 Å². The number of hydrogen-bond donors (Lipinski definition) is 3. The molecule has 1 aliphatic rings. The van der Waals surface area contributed by atoms with Crippen molar-refractivity contribution in [1.82, 2.24) is 20.9 Å². The van der Waals surface area contributed by atoms with Crippen molar-refractivity contribution in [2.75, 3.05) is 32.7 Å². The van der Waals surface area contributed by atoms with E-state index in [1.807, 2.05) is 13.8 Å². The Balaban J connectivity index is 2.31. The summed E-state index contributed by atoms with van der Waals surface area (Å²) in [5.74, 6) is -1.60. The van der Waals surface area contributed by atoms with E-state index < -0.39 is 11.8 Å². The molecule has 3 N–H and O–H groups in total. The van der Waals surface area contributed by atoms with Gasteiger partial charge in [-0.2, -0.15) is 0 Å². The molecule has 0 aromatic heterocycles. The summed E-state index contributed by atoms with van der Waals surface area (Å²) in [6.07, 6.45) is 0. The van der Waals surface area contributed by atoms with Gasteiger partial charge in [0.2, 0.25) is 5.91 Å². The summed E-state index contributed by atoms with van der Waals surface area (Å²) in [7, 11) is 0. The molecule has 1 rings (SSSR count). The number of rotatable bonds is 3. The van der Waals surface area contributed by atoms with Crippen LogP contribution < -0.4 is 16.0 Å². The molecular weight excluding hydrogens is 236 g/mol. The molecule has 0 aromatic rings. The van der Waals surface area contributed by atoms with Gasteiger partial charge in [0.05, 0.1) is 6.54 Å². The van der Waals surface area contributed by atoms with Gasteiger partial charge in [0.1, 0.15) is 0 Å². The van der Waals surface area contributed by atoms with Gasteiger partial charge < -0.3 is 20.9 Å². The molecule has 1 saturated heterocycles. The molecule has 0 bridgehead atoms. The molecule has 0 spiro atoms. The Morgan fingerprint density at radius 2 is 1.83 bits per heavy atom. The Bertz CT molecular complexity index is 324. The number of carbonyl (C=O) groups excluding carboxylic acids is 3. The summed E-state index contributed by atoms with van der Waals surface area (Å²) in [4.78, 5) is 36.0. The summed E-state index contributed by atoms with van der Waals surface area (Å²) in [6, 6.07) is 0.0123. The third-order valence-electron chi connectivity index (χ3n) is 2.46. The summed E-state index contributed by atoms with van der Waals surface area (Å²) in [5.41, 5.74) is 0. The van der Waals surface area contributed by atoms with Crippen molar-refractivity contribution in [1.29, 1.82) is 0 Å². The minimum atomic E-state index is -0.726. The van der Waals surface area contributed by atoms with Crippen molar-refractivity contribution in [2.24, 2.45) is 0 Å². The molecule has 18 heavy (non-hydrogen) atoms. The van der Waals surface area contributed by atoms with Gasteiger partial charge >= 0.3 is 11.8 Å². The van der Waals surface area contributed by atoms with Crippen LogP contribution in [0.15, 0.2) is 0 Å². The second-order valence-corrected chi connectivity index (χ2v) is 4.45. The van der Waals surface area contributed by atoms with Gasteiger partial charge in [-0.25, -0.2) is 0 Å². The fraction of sp³-hybridized carbons (Fsp3) is 0.727. The van der Waals surface area contributed by atoms with Crippen LogP contribution in [-0.2, 0) is 14.4 Å². The molecule has 0 radical (unpaired) electrons. The molecule has 1 aliphatic heterocycles. The van der Waals surface area contributed by atoms with Crippen LogP contribution in [0.3, 0.4) is 0 Å². The Labute approximate surface area is 106 Å². The van der Waals surface area contributed by atoms with E-state index in [4.69, 9.17) is 0 Å². The van der Waals surface area contributed by atoms with Crippen LogP contribution in [-0.4, -0.2) is 61.4 Å². The van der Waals surface area contributed by atoms with E-state index in [-0.39, 0.29) is 18.5 Å². The zero-order valence-electron chi connectivity index (χ0n) is 10.8. The topological polar surface area (TPSA) is 90.5 Å². The summed E-state index contributed by atoms with van der Waals surface area (Å²) < 4.78 is 0. The van der Waals surface area contributed by atoms with Gasteiger partial charge in [-0.1, -0.05) is 0 Å². The maximum absolute atomic E-state index is 11.7. The molecule has 0 unspecified atom stereocenters. The smallest absolute Gasteiger partial charge is 0.311 e. The minimum Gasteiger partial charge on any atom is -0.352 e. The standard InChI is InChI=1S/C11H20N4O3/c1-8(2)14-9(16)7-13-10(17)11(18)15-5-3-12-4-6-15/h8,12H,3-7H2,1-2H3,(H,13,17)(H,14,16). The number of hydrogen-bond acceptors (Lipinski definition) is 4. The molecule has 7 heteroatoms. The normalized spacial score (nSPS) is 15.4. The van der Waals surface area contributed by atoms with E-state index >= 15 is 0 Å². The highest BCUT2D eigenvalue weighted by Crippen LogP contribution is 1.93. The maximum Gasteiger partial charge on any atom is 0.311 e. The Morgan fingerprint density at radius 3 is 2.39 bits per heavy atom.